The molecule has 7 nitrogen and oxygen atoms in total. The molecule has 1 aromatic rings. The van der Waals surface area contributed by atoms with Crippen molar-refractivity contribution in [3.63, 3.8) is 0 Å². The molecule has 1 amide bonds. The van der Waals surface area contributed by atoms with Gasteiger partial charge in [0.05, 0.1) is 25.9 Å². The van der Waals surface area contributed by atoms with Crippen molar-refractivity contribution in [2.75, 3.05) is 19.9 Å². The van der Waals surface area contributed by atoms with Crippen LogP contribution in [0.25, 0.3) is 0 Å². The number of carbonyl (C=O) groups is 2. The van der Waals surface area contributed by atoms with Crippen LogP contribution >= 0.6 is 0 Å². The molecular formula is C15H19NO6. The van der Waals surface area contributed by atoms with E-state index in [1.807, 2.05) is 37.3 Å². The van der Waals surface area contributed by atoms with E-state index < -0.39 is 18.1 Å². The number of hydrogen-bond acceptors (Lipinski definition) is 5. The number of ether oxygens (including phenoxy) is 3. The average molecular weight is 309 g/mol. The summed E-state index contributed by atoms with van der Waals surface area (Å²) in [6, 6.07) is 8.83. The van der Waals surface area contributed by atoms with Gasteiger partial charge in [0.2, 0.25) is 0 Å². The summed E-state index contributed by atoms with van der Waals surface area (Å²) >= 11 is 0. The monoisotopic (exact) mass is 309 g/mol. The van der Waals surface area contributed by atoms with E-state index in [0.717, 1.165) is 10.5 Å². The van der Waals surface area contributed by atoms with Crippen molar-refractivity contribution in [1.29, 1.82) is 0 Å². The van der Waals surface area contributed by atoms with Gasteiger partial charge in [0, 0.05) is 0 Å². The maximum absolute atomic E-state index is 11.4. The second kappa shape index (κ2) is 7.77. The highest BCUT2D eigenvalue weighted by Gasteiger charge is 2.38. The lowest BCUT2D eigenvalue weighted by Gasteiger charge is -2.18. The highest BCUT2D eigenvalue weighted by molar-refractivity contribution is 5.83. The zero-order valence-electron chi connectivity index (χ0n) is 12.3. The minimum Gasteiger partial charge on any atom is -0.465 e. The predicted octanol–water partition coefficient (Wildman–Crippen LogP) is 1.47. The van der Waals surface area contributed by atoms with Crippen LogP contribution < -0.4 is 0 Å². The fourth-order valence-electron chi connectivity index (χ4n) is 2.00. The van der Waals surface area contributed by atoms with Gasteiger partial charge in [0.1, 0.15) is 0 Å². The van der Waals surface area contributed by atoms with Crippen LogP contribution in [0.1, 0.15) is 12.5 Å². The van der Waals surface area contributed by atoms with E-state index in [9.17, 15) is 9.59 Å². The molecule has 1 N–H and O–H groups in total. The summed E-state index contributed by atoms with van der Waals surface area (Å²) in [5.74, 6) is -0.583. The van der Waals surface area contributed by atoms with E-state index in [4.69, 9.17) is 19.3 Å². The highest BCUT2D eigenvalue weighted by Crippen LogP contribution is 2.12. The number of rotatable bonds is 7. The number of hydrogen-bond donors (Lipinski definition) is 1. The van der Waals surface area contributed by atoms with Crippen molar-refractivity contribution in [2.45, 2.75) is 25.7 Å². The molecule has 1 aliphatic heterocycles. The lowest BCUT2D eigenvalue weighted by Crippen LogP contribution is -2.40. The molecule has 2 rings (SSSR count). The summed E-state index contributed by atoms with van der Waals surface area (Å²) in [4.78, 5) is 23.3. The summed E-state index contributed by atoms with van der Waals surface area (Å²) in [7, 11) is 0. The minimum atomic E-state index is -1.20. The number of benzene rings is 1. The summed E-state index contributed by atoms with van der Waals surface area (Å²) in [6.07, 6.45) is -1.37. The predicted molar refractivity (Wildman–Crippen MR) is 76.1 cm³/mol. The van der Waals surface area contributed by atoms with Gasteiger partial charge in [-0.05, 0) is 12.5 Å². The maximum atomic E-state index is 11.4. The fraction of sp³-hybridized carbons (Fsp3) is 0.467. The molecule has 22 heavy (non-hydrogen) atoms. The molecule has 120 valence electrons. The van der Waals surface area contributed by atoms with Crippen molar-refractivity contribution >= 4 is 12.1 Å². The number of nitrogens with zero attached hydrogens (tertiary/aromatic N) is 1. The van der Waals surface area contributed by atoms with Crippen molar-refractivity contribution in [3.05, 3.63) is 35.9 Å². The van der Waals surface area contributed by atoms with Crippen LogP contribution in [0.5, 0.6) is 0 Å². The molecule has 1 heterocycles. The van der Waals surface area contributed by atoms with Gasteiger partial charge < -0.3 is 19.3 Å². The molecule has 7 heteroatoms. The number of cyclic esters (lactones) is 1. The lowest BCUT2D eigenvalue weighted by molar-refractivity contribution is -0.140. The van der Waals surface area contributed by atoms with Gasteiger partial charge in [-0.1, -0.05) is 30.3 Å². The first-order chi connectivity index (χ1) is 10.6. The van der Waals surface area contributed by atoms with E-state index >= 15 is 0 Å². The largest absolute Gasteiger partial charge is 0.465 e. The van der Waals surface area contributed by atoms with Crippen LogP contribution in [-0.2, 0) is 25.6 Å². The molecule has 0 bridgehead atoms. The van der Waals surface area contributed by atoms with E-state index in [1.165, 1.54) is 0 Å². The van der Waals surface area contributed by atoms with Crippen molar-refractivity contribution in [2.24, 2.45) is 0 Å². The zero-order chi connectivity index (χ0) is 15.9. The quantitative estimate of drug-likeness (QED) is 0.768. The number of esters is 1. The van der Waals surface area contributed by atoms with Gasteiger partial charge >= 0.3 is 12.1 Å². The number of amides is 1. The molecule has 0 aromatic heterocycles. The molecule has 0 spiro atoms. The molecule has 1 aliphatic rings. The second-order valence-corrected chi connectivity index (χ2v) is 5.01. The van der Waals surface area contributed by atoms with Gasteiger partial charge in [-0.15, -0.1) is 0 Å². The molecule has 0 unspecified atom stereocenters. The molecule has 1 fully saturated rings. The van der Waals surface area contributed by atoms with Gasteiger partial charge in [0.25, 0.3) is 0 Å². The van der Waals surface area contributed by atoms with Gasteiger partial charge in [0.15, 0.2) is 12.8 Å². The first-order valence-electron chi connectivity index (χ1n) is 6.97. The minimum absolute atomic E-state index is 0.0375. The van der Waals surface area contributed by atoms with Crippen LogP contribution in [-0.4, -0.2) is 54.2 Å². The summed E-state index contributed by atoms with van der Waals surface area (Å²) in [6.45, 7) is 2.31. The smallest absolute Gasteiger partial charge is 0.410 e. The van der Waals surface area contributed by atoms with Gasteiger partial charge in [-0.3, -0.25) is 4.90 Å². The Morgan fingerprint density at radius 2 is 2.18 bits per heavy atom. The Hall–Kier alpha value is -2.12. The SMILES string of the molecule is C[C@H](COC[C@H]1C(=O)OCN1C(=O)O)OCc1ccccc1. The van der Waals surface area contributed by atoms with Crippen LogP contribution in [0, 0.1) is 0 Å². The molecule has 2 atom stereocenters. The Morgan fingerprint density at radius 3 is 2.86 bits per heavy atom. The Bertz CT molecular complexity index is 506. The van der Waals surface area contributed by atoms with Crippen molar-refractivity contribution in [1.82, 2.24) is 4.90 Å². The molecule has 0 aliphatic carbocycles. The number of carbonyl (C=O) groups excluding carboxylic acids is 1. The molecule has 1 saturated heterocycles. The number of carboxylic acid groups (broad SMARTS) is 1. The van der Waals surface area contributed by atoms with Crippen LogP contribution in [0.4, 0.5) is 4.79 Å². The summed E-state index contributed by atoms with van der Waals surface area (Å²) in [5.41, 5.74) is 1.06. The Labute approximate surface area is 128 Å². The van der Waals surface area contributed by atoms with Crippen LogP contribution in [0.2, 0.25) is 0 Å². The molecular weight excluding hydrogens is 290 g/mol. The maximum Gasteiger partial charge on any atom is 0.410 e. The third kappa shape index (κ3) is 4.44. The van der Waals surface area contributed by atoms with Crippen molar-refractivity contribution < 1.29 is 28.9 Å². The van der Waals surface area contributed by atoms with Crippen molar-refractivity contribution in [3.8, 4) is 0 Å². The molecule has 1 aromatic carbocycles. The van der Waals surface area contributed by atoms with Gasteiger partial charge in [-0.2, -0.15) is 0 Å². The van der Waals surface area contributed by atoms with E-state index in [-0.39, 0.29) is 26.0 Å². The first-order valence-corrected chi connectivity index (χ1v) is 6.97. The highest BCUT2D eigenvalue weighted by atomic mass is 16.6. The average Bonchev–Trinajstić information content (AvgIpc) is 2.88. The topological polar surface area (TPSA) is 85.3 Å². The Morgan fingerprint density at radius 1 is 1.45 bits per heavy atom. The summed E-state index contributed by atoms with van der Waals surface area (Å²) < 4.78 is 15.7. The standard InChI is InChI=1S/C15H19NO6/c1-11(21-8-12-5-3-2-4-6-12)7-20-9-13-14(17)22-10-16(13)15(18)19/h2-6,11,13H,7-10H2,1H3,(H,18,19)/t11-,13+/m1/s1. The Balaban J connectivity index is 1.69. The van der Waals surface area contributed by atoms with E-state index in [0.29, 0.717) is 6.61 Å². The zero-order valence-corrected chi connectivity index (χ0v) is 12.3. The van der Waals surface area contributed by atoms with Crippen LogP contribution in [0.15, 0.2) is 30.3 Å². The normalized spacial score (nSPS) is 19.0. The third-order valence-electron chi connectivity index (χ3n) is 3.25. The van der Waals surface area contributed by atoms with E-state index in [1.54, 1.807) is 0 Å². The van der Waals surface area contributed by atoms with Crippen LogP contribution in [0.3, 0.4) is 0 Å². The second-order valence-electron chi connectivity index (χ2n) is 5.01. The summed E-state index contributed by atoms with van der Waals surface area (Å²) in [5, 5.41) is 8.93. The Kier molecular flexibility index (Phi) is 5.74. The third-order valence-corrected chi connectivity index (χ3v) is 3.25. The van der Waals surface area contributed by atoms with E-state index in [2.05, 4.69) is 0 Å². The molecule has 0 saturated carbocycles. The fourth-order valence-corrected chi connectivity index (χ4v) is 2.00. The molecule has 0 radical (unpaired) electrons. The van der Waals surface area contributed by atoms with Gasteiger partial charge in [-0.25, -0.2) is 9.59 Å². The lowest BCUT2D eigenvalue weighted by atomic mass is 10.2. The first kappa shape index (κ1) is 16.3.